The van der Waals surface area contributed by atoms with E-state index in [0.29, 0.717) is 42.4 Å². The van der Waals surface area contributed by atoms with Gasteiger partial charge in [0, 0.05) is 29.3 Å². The number of hydrazine groups is 1. The van der Waals surface area contributed by atoms with Crippen LogP contribution < -0.4 is 26.2 Å². The minimum atomic E-state index is -0.457. The van der Waals surface area contributed by atoms with Crippen molar-refractivity contribution in [2.24, 2.45) is 5.92 Å². The van der Waals surface area contributed by atoms with Crippen molar-refractivity contribution in [2.45, 2.75) is 20.8 Å². The molecule has 0 unspecified atom stereocenters. The van der Waals surface area contributed by atoms with E-state index in [4.69, 9.17) is 21.7 Å². The molecule has 4 N–H and O–H groups in total. The molecule has 0 heterocycles. The summed E-state index contributed by atoms with van der Waals surface area (Å²) in [5.41, 5.74) is 6.21. The van der Waals surface area contributed by atoms with Crippen LogP contribution in [0.5, 0.6) is 5.75 Å². The second-order valence-electron chi connectivity index (χ2n) is 7.15. The van der Waals surface area contributed by atoms with Gasteiger partial charge >= 0.3 is 0 Å². The van der Waals surface area contributed by atoms with Gasteiger partial charge < -0.3 is 14.8 Å². The predicted octanol–water partition coefficient (Wildman–Crippen LogP) is 2.65. The molecule has 10 heteroatoms. The van der Waals surface area contributed by atoms with Gasteiger partial charge in [0.2, 0.25) is 5.91 Å². The third-order valence-corrected chi connectivity index (χ3v) is 4.48. The Morgan fingerprint density at radius 2 is 1.48 bits per heavy atom. The minimum Gasteiger partial charge on any atom is -0.491 e. The molecule has 3 amide bonds. The summed E-state index contributed by atoms with van der Waals surface area (Å²) in [5, 5.41) is 5.16. The van der Waals surface area contributed by atoms with Gasteiger partial charge in [0.15, 0.2) is 5.11 Å². The number of carbonyl (C=O) groups is 3. The number of rotatable bonds is 9. The first-order chi connectivity index (χ1) is 15.8. The number of benzene rings is 2. The smallest absolute Gasteiger partial charge is 0.269 e. The highest BCUT2D eigenvalue weighted by atomic mass is 32.1. The summed E-state index contributed by atoms with van der Waals surface area (Å²) in [6.07, 6.45) is 0. The number of ether oxygens (including phenoxy) is 2. The van der Waals surface area contributed by atoms with E-state index < -0.39 is 11.8 Å². The third kappa shape index (κ3) is 8.87. The first-order valence-electron chi connectivity index (χ1n) is 10.4. The Hall–Kier alpha value is -3.50. The van der Waals surface area contributed by atoms with Crippen LogP contribution in [0.15, 0.2) is 48.5 Å². The normalized spacial score (nSPS) is 10.3. The summed E-state index contributed by atoms with van der Waals surface area (Å²) in [5.74, 6) is -0.534. The van der Waals surface area contributed by atoms with Crippen molar-refractivity contribution in [1.82, 2.24) is 16.2 Å². The first kappa shape index (κ1) is 25.8. The van der Waals surface area contributed by atoms with Gasteiger partial charge in [0.25, 0.3) is 11.8 Å². The number of anilines is 1. The largest absolute Gasteiger partial charge is 0.491 e. The lowest BCUT2D eigenvalue weighted by Gasteiger charge is -2.12. The highest BCUT2D eigenvalue weighted by Gasteiger charge is 2.11. The second-order valence-corrected chi connectivity index (χ2v) is 7.56. The molecule has 2 rings (SSSR count). The molecule has 2 aromatic rings. The highest BCUT2D eigenvalue weighted by Crippen LogP contribution is 2.12. The van der Waals surface area contributed by atoms with Crippen LogP contribution in [0.25, 0.3) is 0 Å². The van der Waals surface area contributed by atoms with Crippen LogP contribution in [-0.2, 0) is 9.53 Å². The summed E-state index contributed by atoms with van der Waals surface area (Å²) in [6.45, 7) is 7.03. The van der Waals surface area contributed by atoms with Crippen molar-refractivity contribution in [3.05, 3.63) is 59.7 Å². The zero-order chi connectivity index (χ0) is 24.2. The Labute approximate surface area is 198 Å². The highest BCUT2D eigenvalue weighted by molar-refractivity contribution is 7.80. The monoisotopic (exact) mass is 472 g/mol. The van der Waals surface area contributed by atoms with Crippen LogP contribution in [0.2, 0.25) is 0 Å². The van der Waals surface area contributed by atoms with E-state index in [9.17, 15) is 14.4 Å². The molecule has 0 saturated carbocycles. The van der Waals surface area contributed by atoms with Gasteiger partial charge in [0.1, 0.15) is 12.4 Å². The van der Waals surface area contributed by atoms with Crippen molar-refractivity contribution in [3.63, 3.8) is 0 Å². The standard InChI is InChI=1S/C23H28N4O5S/c1-4-31-13-14-32-19-11-7-16(8-12-19)21(29)25-23(33)27-26-22(30)17-5-9-18(10-6-17)24-20(28)15(2)3/h5-12,15H,4,13-14H2,1-3H3,(H,24,28)(H,26,30)(H2,25,27,29,33). The maximum Gasteiger partial charge on any atom is 0.269 e. The fraction of sp³-hybridized carbons (Fsp3) is 0.304. The maximum absolute atomic E-state index is 12.3. The Balaban J connectivity index is 1.78. The SMILES string of the molecule is CCOCCOc1ccc(C(=O)NC(=S)NNC(=O)c2ccc(NC(=O)C(C)C)cc2)cc1. The molecular weight excluding hydrogens is 444 g/mol. The summed E-state index contributed by atoms with van der Waals surface area (Å²) in [6, 6.07) is 12.9. The lowest BCUT2D eigenvalue weighted by Crippen LogP contribution is -2.48. The number of thiocarbonyl (C=S) groups is 1. The molecule has 0 spiro atoms. The number of carbonyl (C=O) groups excluding carboxylic acids is 3. The number of nitrogens with one attached hydrogen (secondary N) is 4. The van der Waals surface area contributed by atoms with Gasteiger partial charge in [-0.2, -0.15) is 0 Å². The molecule has 33 heavy (non-hydrogen) atoms. The summed E-state index contributed by atoms with van der Waals surface area (Å²) in [4.78, 5) is 36.3. The zero-order valence-electron chi connectivity index (χ0n) is 18.8. The molecular formula is C23H28N4O5S. The summed E-state index contributed by atoms with van der Waals surface area (Å²) in [7, 11) is 0. The fourth-order valence-corrected chi connectivity index (χ4v) is 2.59. The van der Waals surface area contributed by atoms with Crippen LogP contribution in [0.3, 0.4) is 0 Å². The Bertz CT molecular complexity index is 962. The Morgan fingerprint density at radius 3 is 2.09 bits per heavy atom. The van der Waals surface area contributed by atoms with Gasteiger partial charge in [-0.1, -0.05) is 13.8 Å². The molecule has 2 aromatic carbocycles. The lowest BCUT2D eigenvalue weighted by molar-refractivity contribution is -0.118. The zero-order valence-corrected chi connectivity index (χ0v) is 19.6. The lowest BCUT2D eigenvalue weighted by atomic mass is 10.1. The number of amides is 3. The minimum absolute atomic E-state index is 0.0637. The van der Waals surface area contributed by atoms with Crippen LogP contribution in [-0.4, -0.2) is 42.7 Å². The van der Waals surface area contributed by atoms with Crippen molar-refractivity contribution in [1.29, 1.82) is 0 Å². The van der Waals surface area contributed by atoms with Crippen LogP contribution in [0, 0.1) is 5.92 Å². The van der Waals surface area contributed by atoms with E-state index in [2.05, 4.69) is 21.5 Å². The van der Waals surface area contributed by atoms with Crippen molar-refractivity contribution in [3.8, 4) is 5.75 Å². The van der Waals surface area contributed by atoms with Gasteiger partial charge in [-0.25, -0.2) is 0 Å². The van der Waals surface area contributed by atoms with Crippen molar-refractivity contribution >= 4 is 40.7 Å². The third-order valence-electron chi connectivity index (χ3n) is 4.27. The molecule has 0 aromatic heterocycles. The average Bonchev–Trinajstić information content (AvgIpc) is 2.81. The molecule has 9 nitrogen and oxygen atoms in total. The van der Waals surface area contributed by atoms with Crippen molar-refractivity contribution < 1.29 is 23.9 Å². The molecule has 0 fully saturated rings. The number of hydrogen-bond donors (Lipinski definition) is 4. The summed E-state index contributed by atoms with van der Waals surface area (Å²) >= 11 is 5.06. The number of hydrogen-bond acceptors (Lipinski definition) is 6. The van der Waals surface area contributed by atoms with Crippen LogP contribution in [0.4, 0.5) is 5.69 Å². The molecule has 0 aliphatic carbocycles. The molecule has 0 aliphatic rings. The van der Waals surface area contributed by atoms with E-state index in [1.807, 2.05) is 6.92 Å². The fourth-order valence-electron chi connectivity index (χ4n) is 2.45. The molecule has 0 bridgehead atoms. The Morgan fingerprint density at radius 1 is 0.879 bits per heavy atom. The molecule has 0 atom stereocenters. The quantitative estimate of drug-likeness (QED) is 0.252. The molecule has 0 aliphatic heterocycles. The van der Waals surface area contributed by atoms with Gasteiger partial charge in [-0.05, 0) is 67.7 Å². The molecule has 0 radical (unpaired) electrons. The van der Waals surface area contributed by atoms with E-state index >= 15 is 0 Å². The van der Waals surface area contributed by atoms with Gasteiger partial charge in [0.05, 0.1) is 6.61 Å². The van der Waals surface area contributed by atoms with E-state index in [1.165, 1.54) is 0 Å². The van der Waals surface area contributed by atoms with E-state index in [-0.39, 0.29) is 16.9 Å². The van der Waals surface area contributed by atoms with Crippen molar-refractivity contribution in [2.75, 3.05) is 25.1 Å². The van der Waals surface area contributed by atoms with E-state index in [0.717, 1.165) is 0 Å². The predicted molar refractivity (Wildman–Crippen MR) is 129 cm³/mol. The van der Waals surface area contributed by atoms with Crippen LogP contribution >= 0.6 is 12.2 Å². The Kier molecular flexibility index (Phi) is 10.3. The topological polar surface area (TPSA) is 118 Å². The maximum atomic E-state index is 12.3. The van der Waals surface area contributed by atoms with Crippen LogP contribution in [0.1, 0.15) is 41.5 Å². The summed E-state index contributed by atoms with van der Waals surface area (Å²) < 4.78 is 10.7. The molecule has 176 valence electrons. The van der Waals surface area contributed by atoms with Gasteiger partial charge in [-0.3, -0.25) is 30.6 Å². The first-order valence-corrected chi connectivity index (χ1v) is 10.8. The van der Waals surface area contributed by atoms with Gasteiger partial charge in [-0.15, -0.1) is 0 Å². The molecule has 0 saturated heterocycles. The van der Waals surface area contributed by atoms with E-state index in [1.54, 1.807) is 62.4 Å². The second kappa shape index (κ2) is 13.1. The average molecular weight is 473 g/mol.